The number of para-hydroxylation sites is 5. The standard InChI is InChI=1S/C38H27NO4/c40-37(29-16-4-8-20-33(29)42-34-21-9-5-17-30(34)37)24-12-26-39(28-14-2-1-3-15-28)27-13-25-38(41)31-18-6-10-22-35(31)43-36-23-11-7-19-32(36)38/h1-11,14-23,40-41H,26-27H2. The predicted octanol–water partition coefficient (Wildman–Crippen LogP) is 6.58. The molecule has 5 nitrogen and oxygen atoms in total. The maximum atomic E-state index is 12.0. The molecule has 0 saturated heterocycles. The average molecular weight is 562 g/mol. The minimum Gasteiger partial charge on any atom is -0.456 e. The molecule has 0 bridgehead atoms. The van der Waals surface area contributed by atoms with Gasteiger partial charge in [-0.3, -0.25) is 0 Å². The van der Waals surface area contributed by atoms with Crippen LogP contribution in [-0.4, -0.2) is 23.3 Å². The number of hydrogen-bond donors (Lipinski definition) is 2. The van der Waals surface area contributed by atoms with Gasteiger partial charge in [-0.15, -0.1) is 0 Å². The molecule has 2 aliphatic heterocycles. The molecule has 5 heteroatoms. The Hall–Kier alpha value is -5.46. The van der Waals surface area contributed by atoms with Gasteiger partial charge in [0.15, 0.2) is 11.2 Å². The van der Waals surface area contributed by atoms with Gasteiger partial charge in [0.05, 0.1) is 13.1 Å². The van der Waals surface area contributed by atoms with E-state index in [-0.39, 0.29) is 0 Å². The van der Waals surface area contributed by atoms with E-state index in [1.807, 2.05) is 132 Å². The summed E-state index contributed by atoms with van der Waals surface area (Å²) in [6.45, 7) is 0.585. The molecule has 43 heavy (non-hydrogen) atoms. The van der Waals surface area contributed by atoms with Crippen molar-refractivity contribution in [3.63, 3.8) is 0 Å². The lowest BCUT2D eigenvalue weighted by molar-refractivity contribution is 0.131. The van der Waals surface area contributed by atoms with E-state index in [0.717, 1.165) is 5.69 Å². The van der Waals surface area contributed by atoms with Gasteiger partial charge >= 0.3 is 0 Å². The van der Waals surface area contributed by atoms with Crippen LogP contribution in [0.2, 0.25) is 0 Å². The lowest BCUT2D eigenvalue weighted by atomic mass is 9.84. The molecule has 2 N–H and O–H groups in total. The van der Waals surface area contributed by atoms with E-state index in [9.17, 15) is 10.2 Å². The van der Waals surface area contributed by atoms with Crippen LogP contribution in [0.15, 0.2) is 127 Å². The molecule has 0 aromatic heterocycles. The van der Waals surface area contributed by atoms with Gasteiger partial charge < -0.3 is 24.6 Å². The second-order valence-corrected chi connectivity index (χ2v) is 10.4. The highest BCUT2D eigenvalue weighted by molar-refractivity contribution is 5.62. The summed E-state index contributed by atoms with van der Waals surface area (Å²) in [6, 6.07) is 39.5. The maximum Gasteiger partial charge on any atom is 0.184 e. The third kappa shape index (κ3) is 4.68. The van der Waals surface area contributed by atoms with Gasteiger partial charge in [0.2, 0.25) is 0 Å². The van der Waals surface area contributed by atoms with Gasteiger partial charge in [-0.1, -0.05) is 115 Å². The number of benzene rings is 5. The maximum absolute atomic E-state index is 12.0. The fourth-order valence-electron chi connectivity index (χ4n) is 5.62. The molecule has 0 unspecified atom stereocenters. The zero-order chi connectivity index (χ0) is 29.3. The van der Waals surface area contributed by atoms with Gasteiger partial charge in [-0.25, -0.2) is 0 Å². The number of nitrogens with zero attached hydrogens (tertiary/aromatic N) is 1. The van der Waals surface area contributed by atoms with Crippen LogP contribution in [-0.2, 0) is 11.2 Å². The molecular weight excluding hydrogens is 534 g/mol. The molecule has 0 saturated carbocycles. The Balaban J connectivity index is 1.23. The fraction of sp³-hybridized carbons (Fsp3) is 0.105. The second-order valence-electron chi connectivity index (χ2n) is 10.4. The Morgan fingerprint density at radius 3 is 1.16 bits per heavy atom. The normalized spacial score (nSPS) is 14.4. The molecule has 2 heterocycles. The first-order valence-corrected chi connectivity index (χ1v) is 14.0. The summed E-state index contributed by atoms with van der Waals surface area (Å²) in [4.78, 5) is 2.01. The fourth-order valence-corrected chi connectivity index (χ4v) is 5.62. The minimum atomic E-state index is -1.54. The van der Waals surface area contributed by atoms with Crippen molar-refractivity contribution in [1.82, 2.24) is 0 Å². The summed E-state index contributed by atoms with van der Waals surface area (Å²) in [5.41, 5.74) is 0.259. The summed E-state index contributed by atoms with van der Waals surface area (Å²) < 4.78 is 12.1. The molecule has 0 fully saturated rings. The van der Waals surface area contributed by atoms with E-state index >= 15 is 0 Å². The van der Waals surface area contributed by atoms with Crippen molar-refractivity contribution in [2.45, 2.75) is 11.2 Å². The smallest absolute Gasteiger partial charge is 0.184 e. The molecule has 5 aromatic carbocycles. The molecule has 208 valence electrons. The van der Waals surface area contributed by atoms with Gasteiger partial charge in [0, 0.05) is 27.9 Å². The van der Waals surface area contributed by atoms with E-state index < -0.39 is 11.2 Å². The molecule has 5 aromatic rings. The van der Waals surface area contributed by atoms with Crippen LogP contribution in [0, 0.1) is 23.7 Å². The van der Waals surface area contributed by atoms with Crippen LogP contribution in [0.3, 0.4) is 0 Å². The van der Waals surface area contributed by atoms with E-state index in [4.69, 9.17) is 9.47 Å². The van der Waals surface area contributed by atoms with Crippen molar-refractivity contribution in [3.8, 4) is 46.7 Å². The quantitative estimate of drug-likeness (QED) is 0.244. The Morgan fingerprint density at radius 1 is 0.465 bits per heavy atom. The van der Waals surface area contributed by atoms with Gasteiger partial charge in [0.25, 0.3) is 0 Å². The Labute approximate surface area is 250 Å². The monoisotopic (exact) mass is 561 g/mol. The highest BCUT2D eigenvalue weighted by Crippen LogP contribution is 2.47. The topological polar surface area (TPSA) is 62.2 Å². The van der Waals surface area contributed by atoms with Crippen molar-refractivity contribution in [2.24, 2.45) is 0 Å². The highest BCUT2D eigenvalue weighted by Gasteiger charge is 2.40. The largest absolute Gasteiger partial charge is 0.456 e. The molecule has 0 spiro atoms. The number of rotatable bonds is 3. The van der Waals surface area contributed by atoms with Gasteiger partial charge in [0.1, 0.15) is 23.0 Å². The Bertz CT molecular complexity index is 1730. The summed E-state index contributed by atoms with van der Waals surface area (Å²) in [5.74, 6) is 15.1. The third-order valence-corrected chi connectivity index (χ3v) is 7.75. The third-order valence-electron chi connectivity index (χ3n) is 7.75. The number of aliphatic hydroxyl groups is 2. The van der Waals surface area contributed by atoms with Gasteiger partial charge in [-0.2, -0.15) is 0 Å². The number of hydrogen-bond acceptors (Lipinski definition) is 5. The Kier molecular flexibility index (Phi) is 6.61. The van der Waals surface area contributed by atoms with E-state index in [0.29, 0.717) is 58.3 Å². The molecule has 0 atom stereocenters. The van der Waals surface area contributed by atoms with E-state index in [1.165, 1.54) is 0 Å². The minimum absolute atomic E-state index is 0.293. The Morgan fingerprint density at radius 2 is 0.791 bits per heavy atom. The van der Waals surface area contributed by atoms with E-state index in [1.54, 1.807) is 0 Å². The van der Waals surface area contributed by atoms with Crippen molar-refractivity contribution >= 4 is 5.69 Å². The highest BCUT2D eigenvalue weighted by atomic mass is 16.5. The number of fused-ring (bicyclic) bond motifs is 4. The molecule has 0 aliphatic carbocycles. The number of ether oxygens (including phenoxy) is 2. The SMILES string of the molecule is OC1(C#CCN(CC#CC2(O)c3ccccc3Oc3ccccc32)c2ccccc2)c2ccccc2Oc2ccccc21. The lowest BCUT2D eigenvalue weighted by Crippen LogP contribution is -2.31. The molecule has 0 radical (unpaired) electrons. The first-order chi connectivity index (χ1) is 21.1. The second kappa shape index (κ2) is 10.7. The zero-order valence-electron chi connectivity index (χ0n) is 23.2. The van der Waals surface area contributed by atoms with Crippen molar-refractivity contribution in [1.29, 1.82) is 0 Å². The van der Waals surface area contributed by atoms with Crippen molar-refractivity contribution in [2.75, 3.05) is 18.0 Å². The van der Waals surface area contributed by atoms with Crippen LogP contribution in [0.25, 0.3) is 0 Å². The average Bonchev–Trinajstić information content (AvgIpc) is 3.05. The summed E-state index contributed by atoms with van der Waals surface area (Å²) in [6.07, 6.45) is 0. The molecule has 2 aliphatic rings. The molecule has 0 amide bonds. The van der Waals surface area contributed by atoms with Gasteiger partial charge in [-0.05, 0) is 36.4 Å². The van der Waals surface area contributed by atoms with Crippen molar-refractivity contribution < 1.29 is 19.7 Å². The zero-order valence-corrected chi connectivity index (χ0v) is 23.2. The van der Waals surface area contributed by atoms with Crippen LogP contribution in [0.4, 0.5) is 5.69 Å². The lowest BCUT2D eigenvalue weighted by Gasteiger charge is -2.32. The predicted molar refractivity (Wildman–Crippen MR) is 166 cm³/mol. The molecular formula is C38H27NO4. The van der Waals surface area contributed by atoms with Crippen LogP contribution < -0.4 is 14.4 Å². The number of anilines is 1. The van der Waals surface area contributed by atoms with Crippen LogP contribution in [0.1, 0.15) is 22.3 Å². The summed E-state index contributed by atoms with van der Waals surface area (Å²) in [7, 11) is 0. The van der Waals surface area contributed by atoms with Crippen LogP contribution >= 0.6 is 0 Å². The summed E-state index contributed by atoms with van der Waals surface area (Å²) in [5, 5.41) is 24.0. The first kappa shape index (κ1) is 26.4. The summed E-state index contributed by atoms with van der Waals surface area (Å²) >= 11 is 0. The van der Waals surface area contributed by atoms with Crippen LogP contribution in [0.5, 0.6) is 23.0 Å². The van der Waals surface area contributed by atoms with Crippen molar-refractivity contribution in [3.05, 3.63) is 150 Å². The first-order valence-electron chi connectivity index (χ1n) is 14.0. The molecule has 7 rings (SSSR count). The van der Waals surface area contributed by atoms with E-state index in [2.05, 4.69) is 23.7 Å².